The first-order valence-corrected chi connectivity index (χ1v) is 5.82. The van der Waals surface area contributed by atoms with E-state index in [-0.39, 0.29) is 28.0 Å². The Morgan fingerprint density at radius 3 is 2.82 bits per heavy atom. The van der Waals surface area contributed by atoms with Gasteiger partial charge in [0.05, 0.1) is 19.3 Å². The lowest BCUT2D eigenvalue weighted by Gasteiger charge is -2.11. The highest BCUT2D eigenvalue weighted by Crippen LogP contribution is 2.29. The van der Waals surface area contributed by atoms with Crippen LogP contribution in [0, 0.1) is 5.82 Å². The number of rotatable bonds is 4. The van der Waals surface area contributed by atoms with E-state index in [1.807, 2.05) is 0 Å². The molecule has 3 N–H and O–H groups in total. The summed E-state index contributed by atoms with van der Waals surface area (Å²) in [5.41, 5.74) is 5.69. The molecule has 0 aromatic heterocycles. The van der Waals surface area contributed by atoms with Crippen LogP contribution in [-0.2, 0) is 4.74 Å². The van der Waals surface area contributed by atoms with Crippen LogP contribution in [0.2, 0.25) is 0 Å². The molecule has 0 fully saturated rings. The van der Waals surface area contributed by atoms with Crippen molar-refractivity contribution in [2.75, 3.05) is 19.5 Å². The second-order valence-corrected chi connectivity index (χ2v) is 4.95. The van der Waals surface area contributed by atoms with Crippen molar-refractivity contribution in [3.05, 3.63) is 23.5 Å². The fourth-order valence-corrected chi connectivity index (χ4v) is 2.07. The molecular weight excluding hydrogens is 245 g/mol. The van der Waals surface area contributed by atoms with Gasteiger partial charge < -0.3 is 15.6 Å². The Kier molecular flexibility index (Phi) is 4.77. The van der Waals surface area contributed by atoms with Crippen LogP contribution in [0.15, 0.2) is 17.0 Å². The molecule has 0 heterocycles. The van der Waals surface area contributed by atoms with Gasteiger partial charge in [-0.1, -0.05) is 6.92 Å². The number of nitrogens with two attached hydrogens (primary N) is 1. The molecule has 0 amide bonds. The van der Waals surface area contributed by atoms with Gasteiger partial charge in [-0.05, 0) is 12.1 Å². The van der Waals surface area contributed by atoms with E-state index in [0.717, 1.165) is 17.8 Å². The maximum atomic E-state index is 13.6. The minimum Gasteiger partial charge on any atom is -0.465 e. The summed E-state index contributed by atoms with van der Waals surface area (Å²) in [6.07, 6.45) is 0. The number of thioether (sulfide) groups is 1. The molecule has 0 saturated heterocycles. The second kappa shape index (κ2) is 5.88. The molecule has 0 bridgehead atoms. The minimum absolute atomic E-state index is 0.0374. The molecule has 0 saturated carbocycles. The van der Waals surface area contributed by atoms with Crippen molar-refractivity contribution in [2.24, 2.45) is 0 Å². The van der Waals surface area contributed by atoms with Gasteiger partial charge in [0.25, 0.3) is 0 Å². The maximum absolute atomic E-state index is 13.6. The zero-order chi connectivity index (χ0) is 13.0. The smallest absolute Gasteiger partial charge is 0.339 e. The summed E-state index contributed by atoms with van der Waals surface area (Å²) >= 11 is 1.13. The first kappa shape index (κ1) is 13.8. The lowest BCUT2D eigenvalue weighted by Crippen LogP contribution is -2.08. The van der Waals surface area contributed by atoms with Crippen LogP contribution in [0.1, 0.15) is 17.3 Å². The molecule has 0 aliphatic heterocycles. The van der Waals surface area contributed by atoms with Crippen LogP contribution in [-0.4, -0.2) is 30.0 Å². The van der Waals surface area contributed by atoms with Crippen molar-refractivity contribution >= 4 is 23.4 Å². The third-order valence-corrected chi connectivity index (χ3v) is 3.21. The van der Waals surface area contributed by atoms with Gasteiger partial charge in [-0.25, -0.2) is 9.18 Å². The number of benzene rings is 1. The Hall–Kier alpha value is -1.27. The van der Waals surface area contributed by atoms with E-state index >= 15 is 0 Å². The average molecular weight is 259 g/mol. The number of nitrogen functional groups attached to an aromatic ring is 1. The average Bonchev–Trinajstić information content (AvgIpc) is 2.31. The van der Waals surface area contributed by atoms with Crippen molar-refractivity contribution in [1.82, 2.24) is 0 Å². The standard InChI is InChI=1S/C11H14FNO3S/c1-6(5-14)17-10-3-7(11(15)16-2)9(13)4-8(10)12/h3-4,6,14H,5,13H2,1-2H3. The number of hydrogen-bond donors (Lipinski definition) is 2. The molecule has 1 aromatic carbocycles. The van der Waals surface area contributed by atoms with E-state index in [2.05, 4.69) is 4.74 Å². The van der Waals surface area contributed by atoms with Crippen LogP contribution < -0.4 is 5.73 Å². The molecule has 0 aliphatic carbocycles. The van der Waals surface area contributed by atoms with Gasteiger partial charge in [0.2, 0.25) is 0 Å². The Balaban J connectivity index is 3.10. The molecule has 0 spiro atoms. The van der Waals surface area contributed by atoms with E-state index in [1.54, 1.807) is 6.92 Å². The fourth-order valence-electron chi connectivity index (χ4n) is 1.20. The number of aliphatic hydroxyl groups is 1. The van der Waals surface area contributed by atoms with Crippen molar-refractivity contribution < 1.29 is 19.0 Å². The van der Waals surface area contributed by atoms with Gasteiger partial charge in [0.1, 0.15) is 5.82 Å². The molecule has 1 aromatic rings. The second-order valence-electron chi connectivity index (χ2n) is 3.47. The third kappa shape index (κ3) is 3.34. The first-order valence-electron chi connectivity index (χ1n) is 4.94. The Labute approximate surface area is 103 Å². The SMILES string of the molecule is COC(=O)c1cc(SC(C)CO)c(F)cc1N. The summed E-state index contributed by atoms with van der Waals surface area (Å²) in [6, 6.07) is 2.42. The van der Waals surface area contributed by atoms with Crippen LogP contribution in [0.5, 0.6) is 0 Å². The highest BCUT2D eigenvalue weighted by Gasteiger charge is 2.16. The molecule has 0 aliphatic rings. The van der Waals surface area contributed by atoms with Gasteiger partial charge in [-0.15, -0.1) is 11.8 Å². The summed E-state index contributed by atoms with van der Waals surface area (Å²) in [4.78, 5) is 11.6. The lowest BCUT2D eigenvalue weighted by molar-refractivity contribution is 0.0601. The van der Waals surface area contributed by atoms with E-state index in [9.17, 15) is 9.18 Å². The van der Waals surface area contributed by atoms with Crippen LogP contribution in [0.25, 0.3) is 0 Å². The number of carbonyl (C=O) groups excluding carboxylic acids is 1. The quantitative estimate of drug-likeness (QED) is 0.489. The highest BCUT2D eigenvalue weighted by molar-refractivity contribution is 8.00. The largest absolute Gasteiger partial charge is 0.465 e. The van der Waals surface area contributed by atoms with Crippen LogP contribution in [0.3, 0.4) is 0 Å². The molecule has 94 valence electrons. The van der Waals surface area contributed by atoms with E-state index in [0.29, 0.717) is 0 Å². The summed E-state index contributed by atoms with van der Waals surface area (Å²) in [5.74, 6) is -1.12. The van der Waals surface area contributed by atoms with Crippen LogP contribution in [0.4, 0.5) is 10.1 Å². The van der Waals surface area contributed by atoms with Gasteiger partial charge in [-0.3, -0.25) is 0 Å². The number of esters is 1. The lowest BCUT2D eigenvalue weighted by atomic mass is 10.2. The van der Waals surface area contributed by atoms with Gasteiger partial charge >= 0.3 is 5.97 Å². The van der Waals surface area contributed by atoms with Crippen molar-refractivity contribution in [3.63, 3.8) is 0 Å². The summed E-state index contributed by atoms with van der Waals surface area (Å²) in [6.45, 7) is 1.67. The number of anilines is 1. The van der Waals surface area contributed by atoms with Crippen molar-refractivity contribution in [2.45, 2.75) is 17.1 Å². The molecule has 17 heavy (non-hydrogen) atoms. The molecule has 1 rings (SSSR count). The zero-order valence-corrected chi connectivity index (χ0v) is 10.4. The highest BCUT2D eigenvalue weighted by atomic mass is 32.2. The van der Waals surface area contributed by atoms with Gasteiger partial charge in [-0.2, -0.15) is 0 Å². The molecule has 4 nitrogen and oxygen atoms in total. The number of hydrogen-bond acceptors (Lipinski definition) is 5. The number of carbonyl (C=O) groups is 1. The van der Waals surface area contributed by atoms with Gasteiger partial charge in [0.15, 0.2) is 0 Å². The Morgan fingerprint density at radius 2 is 2.29 bits per heavy atom. The monoisotopic (exact) mass is 259 g/mol. The zero-order valence-electron chi connectivity index (χ0n) is 9.57. The van der Waals surface area contributed by atoms with Crippen molar-refractivity contribution in [3.8, 4) is 0 Å². The molecule has 0 radical (unpaired) electrons. The summed E-state index contributed by atoms with van der Waals surface area (Å²) in [7, 11) is 1.23. The molecule has 6 heteroatoms. The fraction of sp³-hybridized carbons (Fsp3) is 0.364. The topological polar surface area (TPSA) is 72.5 Å². The molecule has 1 unspecified atom stereocenters. The normalized spacial score (nSPS) is 12.2. The maximum Gasteiger partial charge on any atom is 0.339 e. The molecular formula is C11H14FNO3S. The number of methoxy groups -OCH3 is 1. The number of halogens is 1. The van der Waals surface area contributed by atoms with Gasteiger partial charge in [0, 0.05) is 15.8 Å². The number of ether oxygens (including phenoxy) is 1. The van der Waals surface area contributed by atoms with E-state index < -0.39 is 11.8 Å². The summed E-state index contributed by atoms with van der Waals surface area (Å²) in [5, 5.41) is 8.74. The minimum atomic E-state index is -0.610. The predicted molar refractivity (Wildman–Crippen MR) is 64.6 cm³/mol. The third-order valence-electron chi connectivity index (χ3n) is 2.09. The Morgan fingerprint density at radius 1 is 1.65 bits per heavy atom. The number of aliphatic hydroxyl groups excluding tert-OH is 1. The predicted octanol–water partition coefficient (Wildman–Crippen LogP) is 1.67. The first-order chi connectivity index (χ1) is 7.99. The molecule has 1 atom stereocenters. The van der Waals surface area contributed by atoms with Crippen LogP contribution >= 0.6 is 11.8 Å². The Bertz CT molecular complexity index is 425. The summed E-state index contributed by atoms with van der Waals surface area (Å²) < 4.78 is 18.1. The van der Waals surface area contributed by atoms with E-state index in [4.69, 9.17) is 10.8 Å². The van der Waals surface area contributed by atoms with E-state index in [1.165, 1.54) is 13.2 Å². The van der Waals surface area contributed by atoms with Crippen molar-refractivity contribution in [1.29, 1.82) is 0 Å².